The maximum atomic E-state index is 10.9. The second-order valence-corrected chi connectivity index (χ2v) is 3.99. The van der Waals surface area contributed by atoms with Crippen molar-refractivity contribution in [3.05, 3.63) is 29.8 Å². The van der Waals surface area contributed by atoms with E-state index in [-0.39, 0.29) is 5.97 Å². The van der Waals surface area contributed by atoms with E-state index in [1.54, 1.807) is 0 Å². The number of aliphatic hydroxyl groups excluding tert-OH is 1. The van der Waals surface area contributed by atoms with E-state index in [2.05, 4.69) is 4.74 Å². The normalized spacial score (nSPS) is 11.9. The second-order valence-electron chi connectivity index (χ2n) is 3.99. The summed E-state index contributed by atoms with van der Waals surface area (Å²) in [6.07, 6.45) is 1.07. The Hall–Kier alpha value is -1.55. The van der Waals surface area contributed by atoms with Crippen LogP contribution >= 0.6 is 0 Å². The number of rotatable bonds is 7. The summed E-state index contributed by atoms with van der Waals surface area (Å²) >= 11 is 0. The number of methoxy groups -OCH3 is 1. The van der Waals surface area contributed by atoms with Crippen LogP contribution in [0.15, 0.2) is 24.3 Å². The average Bonchev–Trinajstić information content (AvgIpc) is 2.42. The van der Waals surface area contributed by atoms with Crippen LogP contribution in [0.1, 0.15) is 37.9 Å². The van der Waals surface area contributed by atoms with E-state index in [0.717, 1.165) is 5.56 Å². The van der Waals surface area contributed by atoms with Gasteiger partial charge in [0.2, 0.25) is 0 Å². The molecule has 1 rings (SSSR count). The number of aliphatic hydroxyl groups is 1. The Balaban J connectivity index is 2.49. The molecular formula is C14H20O4. The lowest BCUT2D eigenvalue weighted by molar-refractivity contribution is -0.140. The molecule has 1 unspecified atom stereocenters. The Bertz CT molecular complexity index is 376. The summed E-state index contributed by atoms with van der Waals surface area (Å²) in [6.45, 7) is 2.35. The van der Waals surface area contributed by atoms with Gasteiger partial charge in [0.05, 0.1) is 19.8 Å². The third-order valence-electron chi connectivity index (χ3n) is 2.68. The highest BCUT2D eigenvalue weighted by Crippen LogP contribution is 2.26. The number of carbonyl (C=O) groups excluding carboxylic acids is 1. The van der Waals surface area contributed by atoms with E-state index in [1.165, 1.54) is 7.11 Å². The molecule has 0 aromatic heterocycles. The standard InChI is InChI=1S/C14H20O4/c1-3-12(15)11-7-4-5-8-13(11)18-10-6-9-14(16)17-2/h4-5,7-8,12,15H,3,6,9-10H2,1-2H3. The van der Waals surface area contributed by atoms with Gasteiger partial charge < -0.3 is 14.6 Å². The van der Waals surface area contributed by atoms with Gasteiger partial charge in [0.1, 0.15) is 5.75 Å². The summed E-state index contributed by atoms with van der Waals surface area (Å²) in [5, 5.41) is 9.84. The largest absolute Gasteiger partial charge is 0.493 e. The minimum absolute atomic E-state index is 0.236. The number of hydrogen-bond acceptors (Lipinski definition) is 4. The Morgan fingerprint density at radius 3 is 2.78 bits per heavy atom. The Labute approximate surface area is 108 Å². The Morgan fingerprint density at radius 1 is 1.39 bits per heavy atom. The molecule has 0 fully saturated rings. The molecular weight excluding hydrogens is 232 g/mol. The number of benzene rings is 1. The zero-order chi connectivity index (χ0) is 13.4. The average molecular weight is 252 g/mol. The molecule has 1 aromatic rings. The first-order chi connectivity index (χ1) is 8.69. The fourth-order valence-corrected chi connectivity index (χ4v) is 1.61. The van der Waals surface area contributed by atoms with Crippen LogP contribution in [0.2, 0.25) is 0 Å². The van der Waals surface area contributed by atoms with Crippen LogP contribution in [0.25, 0.3) is 0 Å². The summed E-state index contributed by atoms with van der Waals surface area (Å²) < 4.78 is 10.1. The van der Waals surface area contributed by atoms with Crippen molar-refractivity contribution in [3.63, 3.8) is 0 Å². The molecule has 1 aromatic carbocycles. The fraction of sp³-hybridized carbons (Fsp3) is 0.500. The van der Waals surface area contributed by atoms with Gasteiger partial charge in [0.25, 0.3) is 0 Å². The lowest BCUT2D eigenvalue weighted by atomic mass is 10.1. The molecule has 1 atom stereocenters. The molecule has 0 saturated carbocycles. The quantitative estimate of drug-likeness (QED) is 0.598. The first kappa shape index (κ1) is 14.5. The van der Waals surface area contributed by atoms with Gasteiger partial charge >= 0.3 is 5.97 Å². The van der Waals surface area contributed by atoms with E-state index in [4.69, 9.17) is 4.74 Å². The molecule has 0 aliphatic heterocycles. The smallest absolute Gasteiger partial charge is 0.305 e. The highest BCUT2D eigenvalue weighted by atomic mass is 16.5. The zero-order valence-corrected chi connectivity index (χ0v) is 10.9. The first-order valence-electron chi connectivity index (χ1n) is 6.15. The van der Waals surface area contributed by atoms with Crippen molar-refractivity contribution in [1.29, 1.82) is 0 Å². The predicted molar refractivity (Wildman–Crippen MR) is 68.4 cm³/mol. The number of hydrogen-bond donors (Lipinski definition) is 1. The Kier molecular flexibility index (Phi) is 6.22. The van der Waals surface area contributed by atoms with E-state index < -0.39 is 6.10 Å². The molecule has 4 nitrogen and oxygen atoms in total. The molecule has 100 valence electrons. The lowest BCUT2D eigenvalue weighted by Crippen LogP contribution is -2.06. The van der Waals surface area contributed by atoms with E-state index >= 15 is 0 Å². The van der Waals surface area contributed by atoms with Gasteiger partial charge in [-0.1, -0.05) is 25.1 Å². The zero-order valence-electron chi connectivity index (χ0n) is 10.9. The van der Waals surface area contributed by atoms with Gasteiger partial charge in [-0.3, -0.25) is 4.79 Å². The van der Waals surface area contributed by atoms with Crippen LogP contribution in [0.4, 0.5) is 0 Å². The second kappa shape index (κ2) is 7.71. The predicted octanol–water partition coefficient (Wildman–Crippen LogP) is 2.46. The topological polar surface area (TPSA) is 55.8 Å². The van der Waals surface area contributed by atoms with Crippen molar-refractivity contribution < 1.29 is 19.4 Å². The van der Waals surface area contributed by atoms with Crippen molar-refractivity contribution in [2.24, 2.45) is 0 Å². The summed E-state index contributed by atoms with van der Waals surface area (Å²) in [4.78, 5) is 10.9. The first-order valence-corrected chi connectivity index (χ1v) is 6.15. The molecule has 18 heavy (non-hydrogen) atoms. The number of ether oxygens (including phenoxy) is 2. The molecule has 0 aliphatic rings. The SMILES string of the molecule is CCC(O)c1ccccc1OCCCC(=O)OC. The fourth-order valence-electron chi connectivity index (χ4n) is 1.61. The highest BCUT2D eigenvalue weighted by Gasteiger charge is 2.11. The van der Waals surface area contributed by atoms with Crippen LogP contribution in [0.5, 0.6) is 5.75 Å². The van der Waals surface area contributed by atoms with Crippen molar-refractivity contribution >= 4 is 5.97 Å². The molecule has 0 spiro atoms. The van der Waals surface area contributed by atoms with Crippen molar-refractivity contribution in [2.75, 3.05) is 13.7 Å². The van der Waals surface area contributed by atoms with E-state index in [1.807, 2.05) is 31.2 Å². The molecule has 0 radical (unpaired) electrons. The minimum atomic E-state index is -0.512. The molecule has 4 heteroatoms. The molecule has 0 aliphatic carbocycles. The molecule has 0 bridgehead atoms. The van der Waals surface area contributed by atoms with Gasteiger partial charge in [-0.05, 0) is 18.9 Å². The monoisotopic (exact) mass is 252 g/mol. The van der Waals surface area contributed by atoms with Crippen molar-refractivity contribution in [2.45, 2.75) is 32.3 Å². The van der Waals surface area contributed by atoms with Crippen LogP contribution < -0.4 is 4.74 Å². The molecule has 0 heterocycles. The molecule has 1 N–H and O–H groups in total. The van der Waals surface area contributed by atoms with Crippen LogP contribution in [-0.4, -0.2) is 24.8 Å². The maximum absolute atomic E-state index is 10.9. The summed E-state index contributed by atoms with van der Waals surface area (Å²) in [6, 6.07) is 7.41. The van der Waals surface area contributed by atoms with E-state index in [0.29, 0.717) is 31.6 Å². The van der Waals surface area contributed by atoms with E-state index in [9.17, 15) is 9.90 Å². The number of esters is 1. The molecule has 0 amide bonds. The van der Waals surface area contributed by atoms with Gasteiger partial charge in [-0.2, -0.15) is 0 Å². The highest BCUT2D eigenvalue weighted by molar-refractivity contribution is 5.69. The third-order valence-corrected chi connectivity index (χ3v) is 2.68. The van der Waals surface area contributed by atoms with Gasteiger partial charge in [0, 0.05) is 12.0 Å². The van der Waals surface area contributed by atoms with Crippen LogP contribution in [0.3, 0.4) is 0 Å². The summed E-state index contributed by atoms with van der Waals surface area (Å²) in [5.74, 6) is 0.442. The van der Waals surface area contributed by atoms with Crippen molar-refractivity contribution in [3.8, 4) is 5.75 Å². The van der Waals surface area contributed by atoms with Gasteiger partial charge in [-0.25, -0.2) is 0 Å². The maximum Gasteiger partial charge on any atom is 0.305 e. The van der Waals surface area contributed by atoms with Crippen LogP contribution in [0, 0.1) is 0 Å². The lowest BCUT2D eigenvalue weighted by Gasteiger charge is -2.14. The molecule has 0 saturated heterocycles. The third kappa shape index (κ3) is 4.37. The van der Waals surface area contributed by atoms with Gasteiger partial charge in [0.15, 0.2) is 0 Å². The van der Waals surface area contributed by atoms with Crippen molar-refractivity contribution in [1.82, 2.24) is 0 Å². The summed E-state index contributed by atoms with van der Waals surface area (Å²) in [5.41, 5.74) is 0.790. The van der Waals surface area contributed by atoms with Crippen LogP contribution in [-0.2, 0) is 9.53 Å². The number of carbonyl (C=O) groups is 1. The minimum Gasteiger partial charge on any atom is -0.493 e. The summed E-state index contributed by atoms with van der Waals surface area (Å²) in [7, 11) is 1.37. The Morgan fingerprint density at radius 2 is 2.11 bits per heavy atom. The number of para-hydroxylation sites is 1. The van der Waals surface area contributed by atoms with Gasteiger partial charge in [-0.15, -0.1) is 0 Å².